The van der Waals surface area contributed by atoms with Crippen LogP contribution in [0, 0.1) is 5.82 Å². The highest BCUT2D eigenvalue weighted by Crippen LogP contribution is 2.33. The van der Waals surface area contributed by atoms with E-state index >= 15 is 0 Å². The van der Waals surface area contributed by atoms with Crippen molar-refractivity contribution < 1.29 is 14.0 Å². The molecule has 3 rings (SSSR count). The van der Waals surface area contributed by atoms with Gasteiger partial charge in [-0.3, -0.25) is 14.6 Å². The number of hydrogen-bond donors (Lipinski definition) is 1. The maximum Gasteiger partial charge on any atom is 0.227 e. The van der Waals surface area contributed by atoms with Crippen LogP contribution in [-0.2, 0) is 22.4 Å². The van der Waals surface area contributed by atoms with Crippen LogP contribution in [0.4, 0.5) is 10.1 Å². The zero-order valence-electron chi connectivity index (χ0n) is 12.7. The number of halogens is 1. The number of rotatable bonds is 3. The van der Waals surface area contributed by atoms with E-state index in [1.165, 1.54) is 17.2 Å². The minimum atomic E-state index is -0.463. The Labute approximate surface area is 132 Å². The number of nitrogens with zero attached hydrogens (tertiary/aromatic N) is 2. The van der Waals surface area contributed by atoms with Crippen molar-refractivity contribution in [2.24, 2.45) is 5.73 Å². The quantitative estimate of drug-likeness (QED) is 0.939. The van der Waals surface area contributed by atoms with Gasteiger partial charge in [0.05, 0.1) is 6.42 Å². The largest absolute Gasteiger partial charge is 0.369 e. The van der Waals surface area contributed by atoms with Gasteiger partial charge in [-0.15, -0.1) is 0 Å². The lowest BCUT2D eigenvalue weighted by Gasteiger charge is -2.26. The van der Waals surface area contributed by atoms with Gasteiger partial charge in [0, 0.05) is 42.7 Å². The van der Waals surface area contributed by atoms with Gasteiger partial charge in [-0.2, -0.15) is 0 Å². The Morgan fingerprint density at radius 3 is 2.83 bits per heavy atom. The predicted molar refractivity (Wildman–Crippen MR) is 84.3 cm³/mol. The molecule has 0 atom stereocenters. The summed E-state index contributed by atoms with van der Waals surface area (Å²) in [5.74, 6) is -0.909. The highest BCUT2D eigenvalue weighted by molar-refractivity contribution is 5.96. The number of aryl methyl sites for hydroxylation is 1. The van der Waals surface area contributed by atoms with Crippen LogP contribution in [-0.4, -0.2) is 23.8 Å². The summed E-state index contributed by atoms with van der Waals surface area (Å²) >= 11 is 0. The zero-order chi connectivity index (χ0) is 16.6. The number of primary amides is 1. The van der Waals surface area contributed by atoms with Crippen LogP contribution in [0.2, 0.25) is 0 Å². The highest BCUT2D eigenvalue weighted by Gasteiger charge is 2.23. The van der Waals surface area contributed by atoms with Gasteiger partial charge >= 0.3 is 0 Å². The molecule has 0 unspecified atom stereocenters. The second kappa shape index (κ2) is 5.79. The first-order valence-corrected chi connectivity index (χ1v) is 7.27. The second-order valence-electron chi connectivity index (χ2n) is 5.64. The molecule has 2 aromatic rings. The van der Waals surface area contributed by atoms with E-state index in [2.05, 4.69) is 4.98 Å². The third-order valence-corrected chi connectivity index (χ3v) is 4.00. The molecule has 6 heteroatoms. The number of carbonyl (C=O) groups excluding carboxylic acids is 2. The van der Waals surface area contributed by atoms with Gasteiger partial charge in [0.1, 0.15) is 5.82 Å². The molecule has 0 saturated carbocycles. The van der Waals surface area contributed by atoms with E-state index in [0.717, 1.165) is 5.56 Å². The molecule has 0 aliphatic carbocycles. The number of hydrogen-bond acceptors (Lipinski definition) is 3. The summed E-state index contributed by atoms with van der Waals surface area (Å²) in [6, 6.07) is 4.83. The Bertz CT molecular complexity index is 804. The molecule has 1 aliphatic rings. The van der Waals surface area contributed by atoms with Crippen LogP contribution < -0.4 is 10.6 Å². The van der Waals surface area contributed by atoms with Crippen LogP contribution in [0.3, 0.4) is 0 Å². The predicted octanol–water partition coefficient (Wildman–Crippen LogP) is 1.82. The standard InChI is InChI=1S/C17H16FN3O2/c1-21-15-7-14(18)13(6-11(15)2-3-17(21)23)12-4-10(5-16(19)22)8-20-9-12/h4,6-9H,2-3,5H2,1H3,(H2,19,22). The maximum atomic E-state index is 14.5. The van der Waals surface area contributed by atoms with Crippen LogP contribution in [0.1, 0.15) is 17.5 Å². The average Bonchev–Trinajstić information content (AvgIpc) is 2.51. The van der Waals surface area contributed by atoms with Crippen LogP contribution in [0.15, 0.2) is 30.6 Å². The van der Waals surface area contributed by atoms with Gasteiger partial charge in [-0.1, -0.05) is 0 Å². The molecule has 1 aliphatic heterocycles. The van der Waals surface area contributed by atoms with E-state index < -0.39 is 11.7 Å². The molecule has 0 spiro atoms. The van der Waals surface area contributed by atoms with Gasteiger partial charge in [0.25, 0.3) is 0 Å². The molecule has 2 N–H and O–H groups in total. The Kier molecular flexibility index (Phi) is 3.82. The number of aromatic nitrogens is 1. The molecule has 0 radical (unpaired) electrons. The molecule has 23 heavy (non-hydrogen) atoms. The monoisotopic (exact) mass is 313 g/mol. The van der Waals surface area contributed by atoms with Gasteiger partial charge in [0.2, 0.25) is 11.8 Å². The Balaban J connectivity index is 2.04. The minimum absolute atomic E-state index is 0.0187. The summed E-state index contributed by atoms with van der Waals surface area (Å²) in [4.78, 5) is 28.3. The van der Waals surface area contributed by atoms with Crippen molar-refractivity contribution in [1.29, 1.82) is 0 Å². The lowest BCUT2D eigenvalue weighted by Crippen LogP contribution is -2.31. The van der Waals surface area contributed by atoms with E-state index in [1.54, 1.807) is 25.4 Å². The SMILES string of the molecule is CN1C(=O)CCc2cc(-c3cncc(CC(N)=O)c3)c(F)cc21. The number of anilines is 1. The normalized spacial score (nSPS) is 13.8. The summed E-state index contributed by atoms with van der Waals surface area (Å²) in [5.41, 5.74) is 8.34. The van der Waals surface area contributed by atoms with Gasteiger partial charge in [-0.25, -0.2) is 4.39 Å². The lowest BCUT2D eigenvalue weighted by molar-refractivity contribution is -0.119. The highest BCUT2D eigenvalue weighted by atomic mass is 19.1. The molecule has 1 aromatic heterocycles. The van der Waals surface area contributed by atoms with Crippen molar-refractivity contribution in [3.8, 4) is 11.1 Å². The van der Waals surface area contributed by atoms with E-state index in [4.69, 9.17) is 5.73 Å². The fourth-order valence-electron chi connectivity index (χ4n) is 2.82. The van der Waals surface area contributed by atoms with Crippen LogP contribution in [0.25, 0.3) is 11.1 Å². The summed E-state index contributed by atoms with van der Waals surface area (Å²) in [6.07, 6.45) is 4.14. The molecular formula is C17H16FN3O2. The summed E-state index contributed by atoms with van der Waals surface area (Å²) in [7, 11) is 1.65. The molecule has 1 aromatic carbocycles. The number of fused-ring (bicyclic) bond motifs is 1. The molecule has 0 saturated heterocycles. The maximum absolute atomic E-state index is 14.5. The minimum Gasteiger partial charge on any atom is -0.369 e. The Morgan fingerprint density at radius 1 is 1.30 bits per heavy atom. The van der Waals surface area contributed by atoms with Crippen LogP contribution >= 0.6 is 0 Å². The first-order valence-electron chi connectivity index (χ1n) is 7.27. The summed E-state index contributed by atoms with van der Waals surface area (Å²) < 4.78 is 14.5. The molecule has 2 heterocycles. The number of pyridine rings is 1. The average molecular weight is 313 g/mol. The van der Waals surface area contributed by atoms with Crippen molar-refractivity contribution in [3.05, 3.63) is 47.5 Å². The van der Waals surface area contributed by atoms with Gasteiger partial charge in [0.15, 0.2) is 0 Å². The molecule has 118 valence electrons. The molecule has 0 fully saturated rings. The third-order valence-electron chi connectivity index (χ3n) is 4.00. The number of benzene rings is 1. The first kappa shape index (κ1) is 15.1. The lowest BCUT2D eigenvalue weighted by atomic mass is 9.95. The van der Waals surface area contributed by atoms with Gasteiger partial charge < -0.3 is 10.6 Å². The smallest absolute Gasteiger partial charge is 0.227 e. The van der Waals surface area contributed by atoms with Crippen molar-refractivity contribution in [2.75, 3.05) is 11.9 Å². The van der Waals surface area contributed by atoms with E-state index in [-0.39, 0.29) is 12.3 Å². The van der Waals surface area contributed by atoms with E-state index in [9.17, 15) is 14.0 Å². The summed E-state index contributed by atoms with van der Waals surface area (Å²) in [5, 5.41) is 0. The Morgan fingerprint density at radius 2 is 2.09 bits per heavy atom. The van der Waals surface area contributed by atoms with Crippen molar-refractivity contribution in [3.63, 3.8) is 0 Å². The Hall–Kier alpha value is -2.76. The molecule has 5 nitrogen and oxygen atoms in total. The van der Waals surface area contributed by atoms with Crippen molar-refractivity contribution in [2.45, 2.75) is 19.3 Å². The summed E-state index contributed by atoms with van der Waals surface area (Å²) in [6.45, 7) is 0. The van der Waals surface area contributed by atoms with Gasteiger partial charge in [-0.05, 0) is 35.7 Å². The second-order valence-corrected chi connectivity index (χ2v) is 5.64. The fraction of sp³-hybridized carbons (Fsp3) is 0.235. The number of nitrogens with two attached hydrogens (primary N) is 1. The molecule has 0 bridgehead atoms. The van der Waals surface area contributed by atoms with Crippen LogP contribution in [0.5, 0.6) is 0 Å². The van der Waals surface area contributed by atoms with Crippen molar-refractivity contribution in [1.82, 2.24) is 4.98 Å². The molecule has 2 amide bonds. The molecular weight excluding hydrogens is 297 g/mol. The topological polar surface area (TPSA) is 76.3 Å². The number of carbonyl (C=O) groups is 2. The third kappa shape index (κ3) is 2.92. The van der Waals surface area contributed by atoms with Crippen molar-refractivity contribution >= 4 is 17.5 Å². The fourth-order valence-corrected chi connectivity index (χ4v) is 2.82. The zero-order valence-corrected chi connectivity index (χ0v) is 12.7. The first-order chi connectivity index (χ1) is 11.0. The number of amides is 2. The van der Waals surface area contributed by atoms with E-state index in [1.807, 2.05) is 0 Å². The van der Waals surface area contributed by atoms with E-state index in [0.29, 0.717) is 35.2 Å².